The fourth-order valence-corrected chi connectivity index (χ4v) is 2.68. The summed E-state index contributed by atoms with van der Waals surface area (Å²) >= 11 is 0. The number of hydrogen-bond acceptors (Lipinski definition) is 3. The number of nitrogens with zero attached hydrogens (tertiary/aromatic N) is 2. The predicted molar refractivity (Wildman–Crippen MR) is 107 cm³/mol. The third kappa shape index (κ3) is 4.73. The zero-order valence-electron chi connectivity index (χ0n) is 15.2. The van der Waals surface area contributed by atoms with Crippen molar-refractivity contribution in [1.29, 1.82) is 0 Å². The summed E-state index contributed by atoms with van der Waals surface area (Å²) < 4.78 is 20.9. The lowest BCUT2D eigenvalue weighted by Crippen LogP contribution is -2.22. The second kappa shape index (κ2) is 8.49. The van der Waals surface area contributed by atoms with E-state index in [1.807, 2.05) is 44.2 Å². The average molecular weight is 362 g/mol. The van der Waals surface area contributed by atoms with Gasteiger partial charge >= 0.3 is 0 Å². The first kappa shape index (κ1) is 18.6. The SMILES string of the molecule is BCc1ccc(C(=C)Cn2ncc(OCc3ccccc3)cc2=O)cc1F. The van der Waals surface area contributed by atoms with E-state index in [4.69, 9.17) is 4.74 Å². The van der Waals surface area contributed by atoms with Gasteiger partial charge in [0, 0.05) is 6.07 Å². The maximum absolute atomic E-state index is 14.0. The highest BCUT2D eigenvalue weighted by molar-refractivity contribution is 6.08. The largest absolute Gasteiger partial charge is 0.487 e. The van der Waals surface area contributed by atoms with Crippen LogP contribution < -0.4 is 10.3 Å². The fourth-order valence-electron chi connectivity index (χ4n) is 2.68. The lowest BCUT2D eigenvalue weighted by atomic mass is 9.94. The monoisotopic (exact) mass is 362 g/mol. The lowest BCUT2D eigenvalue weighted by molar-refractivity contribution is 0.302. The van der Waals surface area contributed by atoms with Crippen molar-refractivity contribution in [1.82, 2.24) is 9.78 Å². The van der Waals surface area contributed by atoms with Crippen LogP contribution in [0.15, 0.2) is 72.2 Å². The smallest absolute Gasteiger partial charge is 0.270 e. The van der Waals surface area contributed by atoms with Crippen LogP contribution in [0.2, 0.25) is 0 Å². The molecule has 4 nitrogen and oxygen atoms in total. The summed E-state index contributed by atoms with van der Waals surface area (Å²) in [5.41, 5.74) is 2.63. The van der Waals surface area contributed by atoms with E-state index in [1.54, 1.807) is 6.07 Å². The second-order valence-corrected chi connectivity index (χ2v) is 6.22. The molecule has 0 saturated carbocycles. The van der Waals surface area contributed by atoms with Gasteiger partial charge in [-0.25, -0.2) is 9.07 Å². The summed E-state index contributed by atoms with van der Waals surface area (Å²) in [7, 11) is 1.90. The summed E-state index contributed by atoms with van der Waals surface area (Å²) in [4.78, 5) is 12.3. The first-order valence-corrected chi connectivity index (χ1v) is 8.77. The Balaban J connectivity index is 1.68. The molecule has 3 aromatic rings. The Bertz CT molecular complexity index is 1000. The standard InChI is InChI=1S/C21H20BFN2O2/c1-15(17-7-8-18(11-22)20(23)9-17)13-25-21(26)10-19(12-24-25)27-14-16-5-3-2-4-6-16/h2-10,12H,1,11,13-14,22H2. The fraction of sp³-hybridized carbons (Fsp3) is 0.143. The van der Waals surface area contributed by atoms with Crippen LogP contribution in [0.3, 0.4) is 0 Å². The minimum Gasteiger partial charge on any atom is -0.487 e. The normalized spacial score (nSPS) is 10.6. The Morgan fingerprint density at radius 3 is 2.63 bits per heavy atom. The molecule has 6 heteroatoms. The van der Waals surface area contributed by atoms with Gasteiger partial charge < -0.3 is 4.74 Å². The van der Waals surface area contributed by atoms with Gasteiger partial charge in [-0.1, -0.05) is 55.4 Å². The van der Waals surface area contributed by atoms with Gasteiger partial charge in [0.05, 0.1) is 12.7 Å². The number of rotatable bonds is 7. The van der Waals surface area contributed by atoms with Crippen molar-refractivity contribution >= 4 is 13.4 Å². The molecule has 0 amide bonds. The Hall–Kier alpha value is -3.15. The highest BCUT2D eigenvalue weighted by Gasteiger charge is 2.08. The molecule has 3 rings (SSSR count). The summed E-state index contributed by atoms with van der Waals surface area (Å²) in [6.07, 6.45) is 2.13. The average Bonchev–Trinajstić information content (AvgIpc) is 2.69. The van der Waals surface area contributed by atoms with E-state index in [0.717, 1.165) is 5.56 Å². The highest BCUT2D eigenvalue weighted by Crippen LogP contribution is 2.18. The van der Waals surface area contributed by atoms with Crippen LogP contribution in [0, 0.1) is 5.82 Å². The van der Waals surface area contributed by atoms with Crippen molar-refractivity contribution in [3.63, 3.8) is 0 Å². The molecule has 0 aliphatic rings. The maximum Gasteiger partial charge on any atom is 0.270 e. The maximum atomic E-state index is 14.0. The Morgan fingerprint density at radius 1 is 1.19 bits per heavy atom. The molecule has 1 heterocycles. The molecule has 2 aromatic carbocycles. The topological polar surface area (TPSA) is 44.1 Å². The van der Waals surface area contributed by atoms with E-state index in [1.165, 1.54) is 23.0 Å². The van der Waals surface area contributed by atoms with Crippen LogP contribution >= 0.6 is 0 Å². The zero-order valence-corrected chi connectivity index (χ0v) is 15.2. The first-order valence-electron chi connectivity index (χ1n) is 8.77. The minimum atomic E-state index is -0.299. The van der Waals surface area contributed by atoms with Crippen LogP contribution in [-0.2, 0) is 19.5 Å². The molecule has 0 unspecified atom stereocenters. The predicted octanol–water partition coefficient (Wildman–Crippen LogP) is 2.81. The number of halogens is 1. The van der Waals surface area contributed by atoms with Crippen LogP contribution in [0.25, 0.3) is 5.57 Å². The van der Waals surface area contributed by atoms with E-state index in [0.29, 0.717) is 35.4 Å². The minimum absolute atomic E-state index is 0.183. The molecular weight excluding hydrogens is 342 g/mol. The molecule has 0 saturated heterocycles. The molecule has 0 N–H and O–H groups in total. The third-order valence-electron chi connectivity index (χ3n) is 4.28. The van der Waals surface area contributed by atoms with Crippen LogP contribution in [0.4, 0.5) is 4.39 Å². The van der Waals surface area contributed by atoms with Crippen molar-refractivity contribution in [2.75, 3.05) is 0 Å². The molecule has 0 atom stereocenters. The molecule has 0 aliphatic heterocycles. The van der Waals surface area contributed by atoms with E-state index in [2.05, 4.69) is 11.7 Å². The van der Waals surface area contributed by atoms with Crippen molar-refractivity contribution < 1.29 is 9.13 Å². The Kier molecular flexibility index (Phi) is 5.86. The van der Waals surface area contributed by atoms with E-state index < -0.39 is 0 Å². The van der Waals surface area contributed by atoms with Gasteiger partial charge in [0.1, 0.15) is 26.0 Å². The Morgan fingerprint density at radius 2 is 1.96 bits per heavy atom. The zero-order chi connectivity index (χ0) is 19.2. The summed E-state index contributed by atoms with van der Waals surface area (Å²) in [5, 5.41) is 4.14. The van der Waals surface area contributed by atoms with Crippen molar-refractivity contribution in [3.8, 4) is 5.75 Å². The molecule has 0 aliphatic carbocycles. The van der Waals surface area contributed by atoms with E-state index in [9.17, 15) is 9.18 Å². The summed E-state index contributed by atoms with van der Waals surface area (Å²) in [5.74, 6) is 0.144. The quantitative estimate of drug-likeness (QED) is 0.607. The lowest BCUT2D eigenvalue weighted by Gasteiger charge is -2.11. The van der Waals surface area contributed by atoms with Crippen molar-refractivity contribution in [2.24, 2.45) is 0 Å². The van der Waals surface area contributed by atoms with Crippen molar-refractivity contribution in [3.05, 3.63) is 100 Å². The number of ether oxygens (including phenoxy) is 1. The highest BCUT2D eigenvalue weighted by atomic mass is 19.1. The van der Waals surface area contributed by atoms with Crippen LogP contribution in [0.5, 0.6) is 5.75 Å². The number of hydrogen-bond donors (Lipinski definition) is 0. The van der Waals surface area contributed by atoms with E-state index >= 15 is 0 Å². The van der Waals surface area contributed by atoms with Gasteiger partial charge in [-0.15, -0.1) is 0 Å². The van der Waals surface area contributed by atoms with Gasteiger partial charge in [-0.05, 0) is 28.3 Å². The molecule has 1 aromatic heterocycles. The second-order valence-electron chi connectivity index (χ2n) is 6.22. The van der Waals surface area contributed by atoms with E-state index in [-0.39, 0.29) is 17.9 Å². The number of aromatic nitrogens is 2. The first-order chi connectivity index (χ1) is 13.1. The Labute approximate surface area is 158 Å². The van der Waals surface area contributed by atoms with Gasteiger partial charge in [0.2, 0.25) is 0 Å². The molecule has 0 fully saturated rings. The summed E-state index contributed by atoms with van der Waals surface area (Å²) in [6.45, 7) is 4.50. The van der Waals surface area contributed by atoms with Gasteiger partial charge in [-0.3, -0.25) is 4.79 Å². The number of benzene rings is 2. The molecule has 0 bridgehead atoms. The molecule has 27 heavy (non-hydrogen) atoms. The van der Waals surface area contributed by atoms with Gasteiger partial charge in [0.25, 0.3) is 5.56 Å². The molecule has 0 radical (unpaired) electrons. The van der Waals surface area contributed by atoms with Crippen molar-refractivity contribution in [2.45, 2.75) is 19.5 Å². The van der Waals surface area contributed by atoms with Crippen LogP contribution in [0.1, 0.15) is 16.7 Å². The molecule has 136 valence electrons. The van der Waals surface area contributed by atoms with Gasteiger partial charge in [0.15, 0.2) is 0 Å². The summed E-state index contributed by atoms with van der Waals surface area (Å²) in [6, 6.07) is 16.1. The molecule has 0 spiro atoms. The molecular formula is C21H20BFN2O2. The third-order valence-corrected chi connectivity index (χ3v) is 4.28. The number of allylic oxidation sites excluding steroid dienone is 1. The van der Waals surface area contributed by atoms with Gasteiger partial charge in [-0.2, -0.15) is 5.10 Å². The van der Waals surface area contributed by atoms with Crippen LogP contribution in [-0.4, -0.2) is 17.6 Å².